The number of hydrogen-bond acceptors (Lipinski definition) is 4. The Kier molecular flexibility index (Phi) is 6.59. The number of carbonyl (C=O) groups is 2. The van der Waals surface area contributed by atoms with Crippen LogP contribution in [-0.2, 0) is 9.59 Å². The lowest BCUT2D eigenvalue weighted by molar-refractivity contribution is -0.133. The molecule has 1 atom stereocenters. The monoisotopic (exact) mass is 375 g/mol. The van der Waals surface area contributed by atoms with E-state index < -0.39 is 0 Å². The zero-order chi connectivity index (χ0) is 17.0. The SMILES string of the molecule is CN(C)CCNC(=O)CN1C(=O)CS[C@H]1c1ccc(Cl)c(Cl)c1. The Balaban J connectivity index is 2.01. The quantitative estimate of drug-likeness (QED) is 0.828. The van der Waals surface area contributed by atoms with E-state index in [0.29, 0.717) is 22.3 Å². The van der Waals surface area contributed by atoms with E-state index in [4.69, 9.17) is 23.2 Å². The number of hydrogen-bond donors (Lipinski definition) is 1. The molecular formula is C15H19Cl2N3O2S. The van der Waals surface area contributed by atoms with E-state index in [9.17, 15) is 9.59 Å². The van der Waals surface area contributed by atoms with Gasteiger partial charge < -0.3 is 15.1 Å². The molecule has 1 N–H and O–H groups in total. The van der Waals surface area contributed by atoms with E-state index in [1.54, 1.807) is 17.0 Å². The number of rotatable bonds is 6. The van der Waals surface area contributed by atoms with E-state index in [0.717, 1.165) is 12.1 Å². The molecule has 1 fully saturated rings. The average molecular weight is 376 g/mol. The highest BCUT2D eigenvalue weighted by Gasteiger charge is 2.34. The van der Waals surface area contributed by atoms with Crippen molar-refractivity contribution in [1.29, 1.82) is 0 Å². The lowest BCUT2D eigenvalue weighted by atomic mass is 10.2. The zero-order valence-corrected chi connectivity index (χ0v) is 15.3. The van der Waals surface area contributed by atoms with Crippen molar-refractivity contribution in [3.05, 3.63) is 33.8 Å². The van der Waals surface area contributed by atoms with Crippen LogP contribution in [0.25, 0.3) is 0 Å². The van der Waals surface area contributed by atoms with Gasteiger partial charge in [-0.3, -0.25) is 9.59 Å². The molecule has 23 heavy (non-hydrogen) atoms. The van der Waals surface area contributed by atoms with Gasteiger partial charge in [-0.25, -0.2) is 0 Å². The van der Waals surface area contributed by atoms with Gasteiger partial charge in [0, 0.05) is 13.1 Å². The summed E-state index contributed by atoms with van der Waals surface area (Å²) in [6.07, 6.45) is 0. The molecule has 0 bridgehead atoms. The van der Waals surface area contributed by atoms with E-state index in [1.165, 1.54) is 11.8 Å². The average Bonchev–Trinajstić information content (AvgIpc) is 2.83. The molecule has 0 saturated carbocycles. The summed E-state index contributed by atoms with van der Waals surface area (Å²) >= 11 is 13.5. The van der Waals surface area contributed by atoms with Crippen molar-refractivity contribution in [1.82, 2.24) is 15.1 Å². The van der Waals surface area contributed by atoms with Crippen molar-refractivity contribution in [3.8, 4) is 0 Å². The van der Waals surface area contributed by atoms with Crippen LogP contribution >= 0.6 is 35.0 Å². The second-order valence-electron chi connectivity index (χ2n) is 5.51. The summed E-state index contributed by atoms with van der Waals surface area (Å²) in [6, 6.07) is 5.29. The summed E-state index contributed by atoms with van der Waals surface area (Å²) < 4.78 is 0. The molecule has 1 saturated heterocycles. The summed E-state index contributed by atoms with van der Waals surface area (Å²) in [5.74, 6) is 0.150. The second-order valence-corrected chi connectivity index (χ2v) is 7.39. The second kappa shape index (κ2) is 8.24. The third-order valence-corrected chi connectivity index (χ3v) is 5.39. The van der Waals surface area contributed by atoms with Crippen LogP contribution in [0.3, 0.4) is 0 Å². The van der Waals surface area contributed by atoms with Crippen molar-refractivity contribution in [2.75, 3.05) is 39.5 Å². The minimum atomic E-state index is -0.211. The predicted octanol–water partition coefficient (Wildman–Crippen LogP) is 2.25. The van der Waals surface area contributed by atoms with Gasteiger partial charge in [-0.05, 0) is 31.8 Å². The fourth-order valence-corrected chi connectivity index (χ4v) is 3.68. The minimum Gasteiger partial charge on any atom is -0.353 e. The Bertz CT molecular complexity index is 598. The van der Waals surface area contributed by atoms with Gasteiger partial charge >= 0.3 is 0 Å². The van der Waals surface area contributed by atoms with Gasteiger partial charge in [0.1, 0.15) is 11.9 Å². The Hall–Kier alpha value is -0.950. The molecule has 5 nitrogen and oxygen atoms in total. The zero-order valence-electron chi connectivity index (χ0n) is 13.0. The van der Waals surface area contributed by atoms with Crippen molar-refractivity contribution < 1.29 is 9.59 Å². The van der Waals surface area contributed by atoms with Crippen LogP contribution in [0.5, 0.6) is 0 Å². The third-order valence-electron chi connectivity index (χ3n) is 3.39. The Labute approximate surface area is 150 Å². The molecule has 0 unspecified atom stereocenters. The van der Waals surface area contributed by atoms with E-state index in [1.807, 2.05) is 25.1 Å². The number of amides is 2. The number of likely N-dealkylation sites (N-methyl/N-ethyl adjacent to an activating group) is 1. The molecule has 0 radical (unpaired) electrons. The standard InChI is InChI=1S/C15H19Cl2N3O2S/c1-19(2)6-5-18-13(21)8-20-14(22)9-23-15(20)10-3-4-11(16)12(17)7-10/h3-4,7,15H,5-6,8-9H2,1-2H3,(H,18,21)/t15-/m0/s1. The molecule has 1 aromatic carbocycles. The summed E-state index contributed by atoms with van der Waals surface area (Å²) in [5, 5.41) is 3.53. The highest BCUT2D eigenvalue weighted by molar-refractivity contribution is 8.00. The van der Waals surface area contributed by atoms with Crippen molar-refractivity contribution in [3.63, 3.8) is 0 Å². The lowest BCUT2D eigenvalue weighted by Gasteiger charge is -2.24. The minimum absolute atomic E-state index is 0.0458. The van der Waals surface area contributed by atoms with Gasteiger partial charge in [0.05, 0.1) is 15.8 Å². The molecule has 8 heteroatoms. The molecule has 1 aliphatic heterocycles. The highest BCUT2D eigenvalue weighted by Crippen LogP contribution is 2.40. The Morgan fingerprint density at radius 2 is 2.13 bits per heavy atom. The molecule has 1 heterocycles. The van der Waals surface area contributed by atoms with E-state index >= 15 is 0 Å². The maximum atomic E-state index is 12.1. The fraction of sp³-hybridized carbons (Fsp3) is 0.467. The number of thioether (sulfide) groups is 1. The normalized spacial score (nSPS) is 17.9. The number of carbonyl (C=O) groups excluding carboxylic acids is 2. The first-order chi connectivity index (χ1) is 10.9. The van der Waals surface area contributed by atoms with E-state index in [-0.39, 0.29) is 23.7 Å². The van der Waals surface area contributed by atoms with Crippen LogP contribution in [0, 0.1) is 0 Å². The molecule has 0 spiro atoms. The van der Waals surface area contributed by atoms with Gasteiger partial charge in [0.2, 0.25) is 11.8 Å². The molecule has 126 valence electrons. The predicted molar refractivity (Wildman–Crippen MR) is 94.9 cm³/mol. The number of benzene rings is 1. The molecule has 0 aliphatic carbocycles. The van der Waals surface area contributed by atoms with Crippen LogP contribution in [0.1, 0.15) is 10.9 Å². The maximum absolute atomic E-state index is 12.1. The van der Waals surface area contributed by atoms with Crippen LogP contribution in [0.2, 0.25) is 10.0 Å². The first-order valence-corrected chi connectivity index (χ1v) is 8.96. The Morgan fingerprint density at radius 3 is 2.78 bits per heavy atom. The summed E-state index contributed by atoms with van der Waals surface area (Å²) in [6.45, 7) is 1.35. The molecule has 2 rings (SSSR count). The van der Waals surface area contributed by atoms with Gasteiger partial charge in [-0.15, -0.1) is 11.8 Å². The van der Waals surface area contributed by atoms with Crippen LogP contribution < -0.4 is 5.32 Å². The first-order valence-electron chi connectivity index (χ1n) is 7.16. The van der Waals surface area contributed by atoms with Gasteiger partial charge in [0.25, 0.3) is 0 Å². The van der Waals surface area contributed by atoms with Gasteiger partial charge in [0.15, 0.2) is 0 Å². The third kappa shape index (κ3) is 5.01. The number of nitrogens with zero attached hydrogens (tertiary/aromatic N) is 2. The Morgan fingerprint density at radius 1 is 1.39 bits per heavy atom. The molecular weight excluding hydrogens is 357 g/mol. The molecule has 2 amide bonds. The molecule has 1 aromatic rings. The van der Waals surface area contributed by atoms with Crippen molar-refractivity contribution >= 4 is 46.8 Å². The van der Waals surface area contributed by atoms with Crippen LogP contribution in [0.4, 0.5) is 0 Å². The lowest BCUT2D eigenvalue weighted by Crippen LogP contribution is -2.41. The van der Waals surface area contributed by atoms with Crippen molar-refractivity contribution in [2.24, 2.45) is 0 Å². The van der Waals surface area contributed by atoms with E-state index in [2.05, 4.69) is 5.32 Å². The summed E-state index contributed by atoms with van der Waals surface area (Å²) in [7, 11) is 3.88. The molecule has 1 aliphatic rings. The van der Waals surface area contributed by atoms with Gasteiger partial charge in [-0.2, -0.15) is 0 Å². The number of halogens is 2. The number of nitrogens with one attached hydrogen (secondary N) is 1. The fourth-order valence-electron chi connectivity index (χ4n) is 2.20. The van der Waals surface area contributed by atoms with Crippen molar-refractivity contribution in [2.45, 2.75) is 5.37 Å². The topological polar surface area (TPSA) is 52.7 Å². The van der Waals surface area contributed by atoms with Crippen LogP contribution in [0.15, 0.2) is 18.2 Å². The van der Waals surface area contributed by atoms with Gasteiger partial charge in [-0.1, -0.05) is 29.3 Å². The molecule has 0 aromatic heterocycles. The van der Waals surface area contributed by atoms with Crippen LogP contribution in [-0.4, -0.2) is 61.1 Å². The highest BCUT2D eigenvalue weighted by atomic mass is 35.5. The smallest absolute Gasteiger partial charge is 0.239 e. The summed E-state index contributed by atoms with van der Waals surface area (Å²) in [5.41, 5.74) is 0.872. The summed E-state index contributed by atoms with van der Waals surface area (Å²) in [4.78, 5) is 27.7. The maximum Gasteiger partial charge on any atom is 0.239 e. The largest absolute Gasteiger partial charge is 0.353 e. The first kappa shape index (κ1) is 18.4.